The average Bonchev–Trinajstić information content (AvgIpc) is 2.56. The summed E-state index contributed by atoms with van der Waals surface area (Å²) >= 11 is 0. The Morgan fingerprint density at radius 1 is 1.04 bits per heavy atom. The van der Waals surface area contributed by atoms with Gasteiger partial charge in [0.05, 0.1) is 12.0 Å². The van der Waals surface area contributed by atoms with Crippen LogP contribution < -0.4 is 14.6 Å². The number of nitrogens with two attached hydrogens (primary N) is 1. The van der Waals surface area contributed by atoms with Gasteiger partial charge in [-0.2, -0.15) is 0 Å². The molecule has 140 valence electrons. The third-order valence-electron chi connectivity index (χ3n) is 3.50. The summed E-state index contributed by atoms with van der Waals surface area (Å²) in [7, 11) is -2.57. The van der Waals surface area contributed by atoms with Gasteiger partial charge in [0, 0.05) is 0 Å². The lowest BCUT2D eigenvalue weighted by atomic mass is 10.1. The number of hydrogen-bond donors (Lipinski definition) is 1. The Kier molecular flexibility index (Phi) is 6.23. The van der Waals surface area contributed by atoms with Crippen molar-refractivity contribution in [2.24, 2.45) is 5.14 Å². The van der Waals surface area contributed by atoms with Crippen LogP contribution in [0.3, 0.4) is 0 Å². The topological polar surface area (TPSA) is 105 Å². The number of carbonyl (C=O) groups is 1. The van der Waals surface area contributed by atoms with E-state index in [1.54, 1.807) is 0 Å². The highest BCUT2D eigenvalue weighted by atomic mass is 32.2. The zero-order valence-electron chi connectivity index (χ0n) is 14.8. The quantitative estimate of drug-likeness (QED) is 0.584. The standard InChI is InChI=1S/C18H21NO6S/c1-12-8-13(2)10-14(9-12)24-6-7-25-18(20)16-11-15(26(19,21)22)4-5-17(16)23-3/h4-5,8-11H,6-7H2,1-3H3,(H2,19,21,22). The molecular formula is C18H21NO6S. The van der Waals surface area contributed by atoms with Crippen LogP contribution in [0.2, 0.25) is 0 Å². The molecule has 0 unspecified atom stereocenters. The van der Waals surface area contributed by atoms with Gasteiger partial charge in [0.25, 0.3) is 0 Å². The Labute approximate surface area is 152 Å². The first kappa shape index (κ1) is 19.7. The van der Waals surface area contributed by atoms with Crippen LogP contribution in [-0.4, -0.2) is 34.7 Å². The van der Waals surface area contributed by atoms with E-state index in [-0.39, 0.29) is 29.4 Å². The summed E-state index contributed by atoms with van der Waals surface area (Å²) in [5.74, 6) is 0.154. The van der Waals surface area contributed by atoms with E-state index in [2.05, 4.69) is 0 Å². The molecule has 0 spiro atoms. The maximum absolute atomic E-state index is 12.2. The molecule has 8 heteroatoms. The van der Waals surface area contributed by atoms with Crippen LogP contribution in [-0.2, 0) is 14.8 Å². The predicted octanol–water partition coefficient (Wildman–Crippen LogP) is 2.20. The highest BCUT2D eigenvalue weighted by Crippen LogP contribution is 2.23. The number of ether oxygens (including phenoxy) is 3. The molecule has 0 aliphatic heterocycles. The predicted molar refractivity (Wildman–Crippen MR) is 96.1 cm³/mol. The van der Waals surface area contributed by atoms with E-state index in [9.17, 15) is 13.2 Å². The van der Waals surface area contributed by atoms with Gasteiger partial charge < -0.3 is 14.2 Å². The van der Waals surface area contributed by atoms with Crippen molar-refractivity contribution in [2.75, 3.05) is 20.3 Å². The fourth-order valence-electron chi connectivity index (χ4n) is 2.41. The molecule has 0 fully saturated rings. The van der Waals surface area contributed by atoms with Crippen molar-refractivity contribution in [2.45, 2.75) is 18.7 Å². The first-order chi connectivity index (χ1) is 12.2. The Morgan fingerprint density at radius 2 is 1.69 bits per heavy atom. The summed E-state index contributed by atoms with van der Waals surface area (Å²) in [6.07, 6.45) is 0. The molecule has 0 aliphatic carbocycles. The SMILES string of the molecule is COc1ccc(S(N)(=O)=O)cc1C(=O)OCCOc1cc(C)cc(C)c1. The third-order valence-corrected chi connectivity index (χ3v) is 4.41. The highest BCUT2D eigenvalue weighted by Gasteiger charge is 2.18. The van der Waals surface area contributed by atoms with E-state index in [0.29, 0.717) is 5.75 Å². The molecule has 2 aromatic carbocycles. The summed E-state index contributed by atoms with van der Waals surface area (Å²) in [6, 6.07) is 9.52. The van der Waals surface area contributed by atoms with E-state index in [4.69, 9.17) is 19.3 Å². The number of hydrogen-bond acceptors (Lipinski definition) is 6. The molecule has 0 aromatic heterocycles. The van der Waals surface area contributed by atoms with E-state index >= 15 is 0 Å². The lowest BCUT2D eigenvalue weighted by Gasteiger charge is -2.11. The highest BCUT2D eigenvalue weighted by molar-refractivity contribution is 7.89. The van der Waals surface area contributed by atoms with Crippen molar-refractivity contribution in [3.63, 3.8) is 0 Å². The Hall–Kier alpha value is -2.58. The fourth-order valence-corrected chi connectivity index (χ4v) is 2.95. The van der Waals surface area contributed by atoms with Crippen LogP contribution >= 0.6 is 0 Å². The Morgan fingerprint density at radius 3 is 2.27 bits per heavy atom. The maximum Gasteiger partial charge on any atom is 0.342 e. The summed E-state index contributed by atoms with van der Waals surface area (Å²) in [5, 5.41) is 5.09. The molecule has 0 saturated carbocycles. The summed E-state index contributed by atoms with van der Waals surface area (Å²) in [4.78, 5) is 12.0. The molecule has 0 atom stereocenters. The van der Waals surface area contributed by atoms with Crippen molar-refractivity contribution in [1.82, 2.24) is 0 Å². The largest absolute Gasteiger partial charge is 0.496 e. The van der Waals surface area contributed by atoms with Crippen LogP contribution in [0.4, 0.5) is 0 Å². The van der Waals surface area contributed by atoms with Crippen LogP contribution in [0.15, 0.2) is 41.3 Å². The molecule has 0 saturated heterocycles. The molecule has 0 radical (unpaired) electrons. The van der Waals surface area contributed by atoms with Gasteiger partial charge in [0.15, 0.2) is 0 Å². The molecule has 2 N–H and O–H groups in total. The van der Waals surface area contributed by atoms with Crippen molar-refractivity contribution in [1.29, 1.82) is 0 Å². The van der Waals surface area contributed by atoms with Gasteiger partial charge in [0.2, 0.25) is 10.0 Å². The van der Waals surface area contributed by atoms with Crippen molar-refractivity contribution >= 4 is 16.0 Å². The minimum Gasteiger partial charge on any atom is -0.496 e. The summed E-state index contributed by atoms with van der Waals surface area (Å²) in [6.45, 7) is 4.08. The molecule has 2 rings (SSSR count). The van der Waals surface area contributed by atoms with Crippen LogP contribution in [0.25, 0.3) is 0 Å². The van der Waals surface area contributed by atoms with Gasteiger partial charge in [-0.05, 0) is 55.3 Å². The molecule has 0 bridgehead atoms. The minimum absolute atomic E-state index is 0.00538. The monoisotopic (exact) mass is 379 g/mol. The number of carbonyl (C=O) groups excluding carboxylic acids is 1. The molecule has 7 nitrogen and oxygen atoms in total. The number of sulfonamides is 1. The lowest BCUT2D eigenvalue weighted by Crippen LogP contribution is -2.16. The first-order valence-corrected chi connectivity index (χ1v) is 9.34. The smallest absolute Gasteiger partial charge is 0.342 e. The van der Waals surface area contributed by atoms with Crippen molar-refractivity contribution in [3.05, 3.63) is 53.1 Å². The van der Waals surface area contributed by atoms with Gasteiger partial charge >= 0.3 is 5.97 Å². The van der Waals surface area contributed by atoms with Crippen molar-refractivity contribution < 1.29 is 27.4 Å². The van der Waals surface area contributed by atoms with Crippen LogP contribution in [0.5, 0.6) is 11.5 Å². The van der Waals surface area contributed by atoms with E-state index in [1.807, 2.05) is 32.0 Å². The van der Waals surface area contributed by atoms with Gasteiger partial charge in [-0.3, -0.25) is 0 Å². The summed E-state index contributed by atoms with van der Waals surface area (Å²) in [5.41, 5.74) is 2.12. The second kappa shape index (κ2) is 8.20. The number of esters is 1. The normalized spacial score (nSPS) is 11.1. The van der Waals surface area contributed by atoms with Gasteiger partial charge in [-0.1, -0.05) is 6.07 Å². The molecule has 0 aliphatic rings. The Bertz CT molecular complexity index is 888. The van der Waals surface area contributed by atoms with Gasteiger partial charge in [0.1, 0.15) is 30.3 Å². The number of rotatable bonds is 7. The van der Waals surface area contributed by atoms with Crippen LogP contribution in [0, 0.1) is 13.8 Å². The zero-order valence-corrected chi connectivity index (χ0v) is 15.6. The van der Waals surface area contributed by atoms with Gasteiger partial charge in [-0.15, -0.1) is 0 Å². The molecule has 2 aromatic rings. The maximum atomic E-state index is 12.2. The Balaban J connectivity index is 2.01. The minimum atomic E-state index is -3.94. The summed E-state index contributed by atoms with van der Waals surface area (Å²) < 4.78 is 38.7. The van der Waals surface area contributed by atoms with E-state index in [1.165, 1.54) is 19.2 Å². The lowest BCUT2D eigenvalue weighted by molar-refractivity contribution is 0.0446. The second-order valence-electron chi connectivity index (χ2n) is 5.71. The number of primary sulfonamides is 1. The van der Waals surface area contributed by atoms with E-state index in [0.717, 1.165) is 17.2 Å². The van der Waals surface area contributed by atoms with Gasteiger partial charge in [-0.25, -0.2) is 18.4 Å². The van der Waals surface area contributed by atoms with Crippen LogP contribution in [0.1, 0.15) is 21.5 Å². The molecule has 0 heterocycles. The second-order valence-corrected chi connectivity index (χ2v) is 7.28. The number of aryl methyl sites for hydroxylation is 2. The average molecular weight is 379 g/mol. The fraction of sp³-hybridized carbons (Fsp3) is 0.278. The number of methoxy groups -OCH3 is 1. The van der Waals surface area contributed by atoms with Crippen molar-refractivity contribution in [3.8, 4) is 11.5 Å². The molecule has 26 heavy (non-hydrogen) atoms. The van der Waals surface area contributed by atoms with E-state index < -0.39 is 16.0 Å². The third kappa shape index (κ3) is 5.21. The molecule has 0 amide bonds. The number of benzene rings is 2. The zero-order chi connectivity index (χ0) is 19.3. The molecular weight excluding hydrogens is 358 g/mol. The first-order valence-electron chi connectivity index (χ1n) is 7.80.